The zero-order valence-electron chi connectivity index (χ0n) is 17.7. The molecule has 1 N–H and O–H groups in total. The number of hydrogen-bond donors (Lipinski definition) is 1. The van der Waals surface area contributed by atoms with Crippen molar-refractivity contribution in [3.05, 3.63) is 72.2 Å². The molecule has 1 aliphatic heterocycles. The molecule has 8 nitrogen and oxygen atoms in total. The number of para-hydroxylation sites is 1. The smallest absolute Gasteiger partial charge is 0.289 e. The van der Waals surface area contributed by atoms with Gasteiger partial charge in [0.15, 0.2) is 5.76 Å². The van der Waals surface area contributed by atoms with Crippen molar-refractivity contribution in [2.75, 3.05) is 20.2 Å². The van der Waals surface area contributed by atoms with Crippen molar-refractivity contribution < 1.29 is 18.7 Å². The van der Waals surface area contributed by atoms with Crippen LogP contribution < -0.4 is 10.1 Å². The summed E-state index contributed by atoms with van der Waals surface area (Å²) < 4.78 is 12.6. The molecule has 0 spiro atoms. The number of imidazole rings is 1. The van der Waals surface area contributed by atoms with E-state index in [1.54, 1.807) is 30.3 Å². The fourth-order valence-corrected chi connectivity index (χ4v) is 4.00. The van der Waals surface area contributed by atoms with Crippen LogP contribution in [0.15, 0.2) is 59.5 Å². The van der Waals surface area contributed by atoms with Crippen LogP contribution in [0.25, 0.3) is 0 Å². The largest absolute Gasteiger partial charge is 0.496 e. The number of rotatable bonds is 6. The van der Waals surface area contributed by atoms with Gasteiger partial charge in [0.05, 0.1) is 13.4 Å². The van der Waals surface area contributed by atoms with Crippen LogP contribution in [-0.4, -0.2) is 46.5 Å². The molecule has 1 unspecified atom stereocenters. The Balaban J connectivity index is 1.47. The molecule has 162 valence electrons. The highest BCUT2D eigenvalue weighted by molar-refractivity contribution is 5.91. The molecule has 3 aromatic rings. The van der Waals surface area contributed by atoms with E-state index < -0.39 is 6.04 Å². The summed E-state index contributed by atoms with van der Waals surface area (Å²) in [7, 11) is 3.51. The monoisotopic (exact) mass is 422 g/mol. The van der Waals surface area contributed by atoms with Gasteiger partial charge < -0.3 is 23.9 Å². The van der Waals surface area contributed by atoms with E-state index in [0.29, 0.717) is 37.4 Å². The van der Waals surface area contributed by atoms with Gasteiger partial charge in [-0.3, -0.25) is 9.59 Å². The Labute approximate surface area is 180 Å². The Morgan fingerprint density at radius 2 is 1.97 bits per heavy atom. The lowest BCUT2D eigenvalue weighted by Gasteiger charge is -2.32. The van der Waals surface area contributed by atoms with Gasteiger partial charge in [0.25, 0.3) is 5.91 Å². The average Bonchev–Trinajstić information content (AvgIpc) is 3.49. The fourth-order valence-electron chi connectivity index (χ4n) is 4.00. The number of ether oxygens (including phenoxy) is 1. The fraction of sp³-hybridized carbons (Fsp3) is 0.348. The summed E-state index contributed by atoms with van der Waals surface area (Å²) in [6.07, 6.45) is 6.24. The average molecular weight is 422 g/mol. The van der Waals surface area contributed by atoms with Gasteiger partial charge >= 0.3 is 0 Å². The summed E-state index contributed by atoms with van der Waals surface area (Å²) in [5, 5.41) is 3.17. The zero-order chi connectivity index (χ0) is 21.8. The van der Waals surface area contributed by atoms with Crippen molar-refractivity contribution in [1.29, 1.82) is 0 Å². The lowest BCUT2D eigenvalue weighted by Crippen LogP contribution is -2.44. The van der Waals surface area contributed by atoms with Crippen molar-refractivity contribution in [2.45, 2.75) is 18.9 Å². The molecular formula is C23H26N4O4. The van der Waals surface area contributed by atoms with E-state index in [0.717, 1.165) is 11.4 Å². The number of nitrogens with zero attached hydrogens (tertiary/aromatic N) is 3. The molecule has 4 rings (SSSR count). The molecule has 3 heterocycles. The summed E-state index contributed by atoms with van der Waals surface area (Å²) in [4.78, 5) is 31.8. The molecule has 8 heteroatoms. The zero-order valence-corrected chi connectivity index (χ0v) is 17.7. The number of amides is 2. The summed E-state index contributed by atoms with van der Waals surface area (Å²) in [5.74, 6) is 1.37. The third kappa shape index (κ3) is 4.33. The SMILES string of the molecule is COc1ccccc1C(NC(=O)C1CCN(C(=O)c2ccco2)CC1)c1nccn1C. The lowest BCUT2D eigenvalue weighted by molar-refractivity contribution is -0.126. The van der Waals surface area contributed by atoms with Crippen molar-refractivity contribution in [1.82, 2.24) is 19.8 Å². The van der Waals surface area contributed by atoms with Crippen LogP contribution in [-0.2, 0) is 11.8 Å². The van der Waals surface area contributed by atoms with Crippen LogP contribution in [0.2, 0.25) is 0 Å². The normalized spacial score (nSPS) is 15.5. The molecule has 2 amide bonds. The molecule has 0 radical (unpaired) electrons. The number of carbonyl (C=O) groups is 2. The lowest BCUT2D eigenvalue weighted by atomic mass is 9.94. The minimum absolute atomic E-state index is 0.0518. The van der Waals surface area contributed by atoms with Crippen LogP contribution in [0.1, 0.15) is 40.8 Å². The van der Waals surface area contributed by atoms with Gasteiger partial charge in [0, 0.05) is 44.0 Å². The first kappa shape index (κ1) is 20.7. The number of carbonyl (C=O) groups excluding carboxylic acids is 2. The van der Waals surface area contributed by atoms with Crippen LogP contribution in [0.4, 0.5) is 0 Å². The standard InChI is InChI=1S/C23H26N4O4/c1-26-14-11-24-21(26)20(17-6-3-4-7-18(17)30-2)25-22(28)16-9-12-27(13-10-16)23(29)19-8-5-15-31-19/h3-8,11,14-16,20H,9-10,12-13H2,1-2H3,(H,25,28). The first-order valence-corrected chi connectivity index (χ1v) is 10.3. The molecule has 1 saturated heterocycles. The second kappa shape index (κ2) is 9.07. The quantitative estimate of drug-likeness (QED) is 0.660. The number of benzene rings is 1. The number of hydrogen-bond acceptors (Lipinski definition) is 5. The number of aromatic nitrogens is 2. The number of aryl methyl sites for hydroxylation is 1. The van der Waals surface area contributed by atoms with E-state index in [2.05, 4.69) is 10.3 Å². The van der Waals surface area contributed by atoms with E-state index in [9.17, 15) is 9.59 Å². The van der Waals surface area contributed by atoms with Gasteiger partial charge in [-0.1, -0.05) is 18.2 Å². The Morgan fingerprint density at radius 1 is 1.19 bits per heavy atom. The maximum absolute atomic E-state index is 13.2. The Bertz CT molecular complexity index is 1040. The Hall–Kier alpha value is -3.55. The number of methoxy groups -OCH3 is 1. The Morgan fingerprint density at radius 3 is 2.61 bits per heavy atom. The van der Waals surface area contributed by atoms with Gasteiger partial charge in [-0.25, -0.2) is 4.98 Å². The van der Waals surface area contributed by atoms with E-state index in [1.165, 1.54) is 6.26 Å². The minimum atomic E-state index is -0.438. The van der Waals surface area contributed by atoms with Crippen molar-refractivity contribution in [2.24, 2.45) is 13.0 Å². The molecule has 2 aromatic heterocycles. The Kier molecular flexibility index (Phi) is 6.06. The van der Waals surface area contributed by atoms with Crippen molar-refractivity contribution in [3.63, 3.8) is 0 Å². The number of furan rings is 1. The molecule has 1 atom stereocenters. The molecule has 1 aromatic carbocycles. The molecule has 1 fully saturated rings. The number of nitrogens with one attached hydrogen (secondary N) is 1. The van der Waals surface area contributed by atoms with E-state index in [4.69, 9.17) is 9.15 Å². The summed E-state index contributed by atoms with van der Waals surface area (Å²) >= 11 is 0. The summed E-state index contributed by atoms with van der Waals surface area (Å²) in [5.41, 5.74) is 0.845. The van der Waals surface area contributed by atoms with Gasteiger partial charge in [-0.15, -0.1) is 0 Å². The molecule has 1 aliphatic rings. The first-order chi connectivity index (χ1) is 15.1. The van der Waals surface area contributed by atoms with Crippen LogP contribution >= 0.6 is 0 Å². The van der Waals surface area contributed by atoms with Gasteiger partial charge in [-0.2, -0.15) is 0 Å². The highest BCUT2D eigenvalue weighted by Crippen LogP contribution is 2.30. The van der Waals surface area contributed by atoms with E-state index in [1.807, 2.05) is 42.1 Å². The second-order valence-electron chi connectivity index (χ2n) is 7.62. The second-order valence-corrected chi connectivity index (χ2v) is 7.62. The molecule has 0 saturated carbocycles. The molecule has 0 bridgehead atoms. The minimum Gasteiger partial charge on any atom is -0.496 e. The maximum atomic E-state index is 13.2. The molecule has 31 heavy (non-hydrogen) atoms. The number of likely N-dealkylation sites (tertiary alicyclic amines) is 1. The number of piperidine rings is 1. The highest BCUT2D eigenvalue weighted by Gasteiger charge is 2.31. The summed E-state index contributed by atoms with van der Waals surface area (Å²) in [6, 6.07) is 10.5. The first-order valence-electron chi connectivity index (χ1n) is 10.3. The third-order valence-electron chi connectivity index (χ3n) is 5.74. The van der Waals surface area contributed by atoms with E-state index in [-0.39, 0.29) is 17.7 Å². The topological polar surface area (TPSA) is 89.6 Å². The predicted molar refractivity (Wildman–Crippen MR) is 114 cm³/mol. The predicted octanol–water partition coefficient (Wildman–Crippen LogP) is 2.78. The van der Waals surface area contributed by atoms with Crippen LogP contribution in [0, 0.1) is 5.92 Å². The van der Waals surface area contributed by atoms with Crippen molar-refractivity contribution >= 4 is 11.8 Å². The molecular weight excluding hydrogens is 396 g/mol. The van der Waals surface area contributed by atoms with Crippen LogP contribution in [0.3, 0.4) is 0 Å². The van der Waals surface area contributed by atoms with Gasteiger partial charge in [-0.05, 0) is 31.0 Å². The highest BCUT2D eigenvalue weighted by atomic mass is 16.5. The van der Waals surface area contributed by atoms with Crippen LogP contribution in [0.5, 0.6) is 5.75 Å². The molecule has 0 aliphatic carbocycles. The third-order valence-corrected chi connectivity index (χ3v) is 5.74. The van der Waals surface area contributed by atoms with Crippen molar-refractivity contribution in [3.8, 4) is 5.75 Å². The maximum Gasteiger partial charge on any atom is 0.289 e. The van der Waals surface area contributed by atoms with E-state index >= 15 is 0 Å². The van der Waals surface area contributed by atoms with Gasteiger partial charge in [0.1, 0.15) is 17.6 Å². The van der Waals surface area contributed by atoms with Gasteiger partial charge in [0.2, 0.25) is 5.91 Å². The summed E-state index contributed by atoms with van der Waals surface area (Å²) in [6.45, 7) is 1.03.